The van der Waals surface area contributed by atoms with Crippen LogP contribution in [0.15, 0.2) is 40.6 Å². The number of hydrogen-bond donors (Lipinski definition) is 2. The highest BCUT2D eigenvalue weighted by Gasteiger charge is 2.30. The van der Waals surface area contributed by atoms with Crippen molar-refractivity contribution in [2.75, 3.05) is 18.6 Å². The second-order valence-electron chi connectivity index (χ2n) is 4.99. The molecule has 1 rings (SSSR count). The van der Waals surface area contributed by atoms with Crippen LogP contribution in [0, 0.1) is 11.3 Å². The van der Waals surface area contributed by atoms with Crippen LogP contribution in [0.5, 0.6) is 0 Å². The predicted octanol–water partition coefficient (Wildman–Crippen LogP) is 2.34. The van der Waals surface area contributed by atoms with E-state index in [9.17, 15) is 22.8 Å². The number of nitrogens with two attached hydrogens (primary N) is 1. The third-order valence-corrected chi connectivity index (χ3v) is 3.07. The van der Waals surface area contributed by atoms with Gasteiger partial charge >= 0.3 is 18.1 Å². The fourth-order valence-electron chi connectivity index (χ4n) is 1.84. The molecule has 28 heavy (non-hydrogen) atoms. The molecule has 0 bridgehead atoms. The van der Waals surface area contributed by atoms with Gasteiger partial charge in [-0.2, -0.15) is 23.5 Å². The van der Waals surface area contributed by atoms with Gasteiger partial charge < -0.3 is 15.2 Å². The second kappa shape index (κ2) is 9.96. The van der Waals surface area contributed by atoms with Gasteiger partial charge in [0.25, 0.3) is 0 Å². The summed E-state index contributed by atoms with van der Waals surface area (Å²) in [6.07, 6.45) is -4.58. The van der Waals surface area contributed by atoms with Crippen molar-refractivity contribution in [3.8, 4) is 6.07 Å². The lowest BCUT2D eigenvalue weighted by molar-refractivity contribution is -0.138. The maximum absolute atomic E-state index is 12.8. The first-order valence-corrected chi connectivity index (χ1v) is 7.91. The molecule has 0 saturated carbocycles. The highest BCUT2D eigenvalue weighted by atomic mass is 19.4. The highest BCUT2D eigenvalue weighted by Crippen LogP contribution is 2.30. The molecule has 0 aliphatic carbocycles. The van der Waals surface area contributed by atoms with Gasteiger partial charge in [0.15, 0.2) is 11.3 Å². The van der Waals surface area contributed by atoms with Gasteiger partial charge in [-0.25, -0.2) is 9.59 Å². The van der Waals surface area contributed by atoms with Crippen LogP contribution in [0.4, 0.5) is 18.9 Å². The van der Waals surface area contributed by atoms with E-state index in [1.54, 1.807) is 0 Å². The van der Waals surface area contributed by atoms with E-state index in [2.05, 4.69) is 15.3 Å². The molecule has 1 aromatic carbocycles. The van der Waals surface area contributed by atoms with Gasteiger partial charge in [-0.1, -0.05) is 6.07 Å². The van der Waals surface area contributed by atoms with Crippen LogP contribution in [0.1, 0.15) is 19.4 Å². The normalized spacial score (nSPS) is 12.5. The SMILES string of the molecule is CCOC(=O)C(=N\Nc1cccc(C(F)(F)F)c1)/C(N)=C(\C#N)C(=O)OCC. The molecular formula is C17H17F3N4O4. The summed E-state index contributed by atoms with van der Waals surface area (Å²) in [5.41, 5.74) is 4.89. The number of nitrogens with one attached hydrogen (secondary N) is 1. The van der Waals surface area contributed by atoms with Crippen LogP contribution >= 0.6 is 0 Å². The third kappa shape index (κ3) is 6.01. The largest absolute Gasteiger partial charge is 0.462 e. The summed E-state index contributed by atoms with van der Waals surface area (Å²) >= 11 is 0. The molecular weight excluding hydrogens is 381 g/mol. The fourth-order valence-corrected chi connectivity index (χ4v) is 1.84. The van der Waals surface area contributed by atoms with Gasteiger partial charge in [0, 0.05) is 0 Å². The molecule has 0 aliphatic heterocycles. The Morgan fingerprint density at radius 1 is 1.21 bits per heavy atom. The first-order chi connectivity index (χ1) is 13.1. The van der Waals surface area contributed by atoms with E-state index in [0.717, 1.165) is 18.2 Å². The Morgan fingerprint density at radius 3 is 2.36 bits per heavy atom. The van der Waals surface area contributed by atoms with Crippen LogP contribution in [0.2, 0.25) is 0 Å². The van der Waals surface area contributed by atoms with Crippen LogP contribution in [0.3, 0.4) is 0 Å². The number of esters is 2. The summed E-state index contributed by atoms with van der Waals surface area (Å²) < 4.78 is 47.8. The minimum absolute atomic E-state index is 0.0499. The smallest absolute Gasteiger partial charge is 0.416 e. The fraction of sp³-hybridized carbons (Fsp3) is 0.294. The zero-order valence-corrected chi connectivity index (χ0v) is 15.0. The number of rotatable bonds is 7. The number of benzene rings is 1. The lowest BCUT2D eigenvalue weighted by Crippen LogP contribution is -2.28. The molecule has 0 aromatic heterocycles. The zero-order valence-electron chi connectivity index (χ0n) is 15.0. The molecule has 0 amide bonds. The van der Waals surface area contributed by atoms with Crippen LogP contribution in [-0.2, 0) is 25.2 Å². The predicted molar refractivity (Wildman–Crippen MR) is 92.6 cm³/mol. The van der Waals surface area contributed by atoms with Gasteiger partial charge in [0.2, 0.25) is 0 Å². The Bertz CT molecular complexity index is 842. The van der Waals surface area contributed by atoms with Crippen molar-refractivity contribution in [2.24, 2.45) is 10.8 Å². The van der Waals surface area contributed by atoms with Crippen molar-refractivity contribution in [1.29, 1.82) is 5.26 Å². The number of alkyl halides is 3. The summed E-state index contributed by atoms with van der Waals surface area (Å²) in [4.78, 5) is 23.9. The zero-order chi connectivity index (χ0) is 21.3. The molecule has 0 unspecified atom stereocenters. The van der Waals surface area contributed by atoms with E-state index >= 15 is 0 Å². The summed E-state index contributed by atoms with van der Waals surface area (Å²) in [5, 5.41) is 12.8. The topological polar surface area (TPSA) is 127 Å². The van der Waals surface area contributed by atoms with Gasteiger partial charge in [0.05, 0.1) is 30.2 Å². The lowest BCUT2D eigenvalue weighted by Gasteiger charge is -2.11. The third-order valence-electron chi connectivity index (χ3n) is 3.07. The number of carbonyl (C=O) groups is 2. The number of nitriles is 1. The molecule has 0 fully saturated rings. The maximum Gasteiger partial charge on any atom is 0.416 e. The number of halogens is 3. The molecule has 0 saturated heterocycles. The van der Waals surface area contributed by atoms with Crippen molar-refractivity contribution in [3.63, 3.8) is 0 Å². The van der Waals surface area contributed by atoms with Crippen molar-refractivity contribution in [3.05, 3.63) is 41.1 Å². The minimum atomic E-state index is -4.58. The molecule has 0 aliphatic rings. The molecule has 150 valence electrons. The van der Waals surface area contributed by atoms with Crippen molar-refractivity contribution in [2.45, 2.75) is 20.0 Å². The van der Waals surface area contributed by atoms with Crippen molar-refractivity contribution < 1.29 is 32.2 Å². The van der Waals surface area contributed by atoms with E-state index < -0.39 is 40.7 Å². The monoisotopic (exact) mass is 398 g/mol. The molecule has 3 N–H and O–H groups in total. The number of hydrogen-bond acceptors (Lipinski definition) is 8. The Kier molecular flexibility index (Phi) is 8.00. The van der Waals surface area contributed by atoms with E-state index in [-0.39, 0.29) is 18.9 Å². The van der Waals surface area contributed by atoms with Gasteiger partial charge in [0.1, 0.15) is 6.07 Å². The van der Waals surface area contributed by atoms with Crippen molar-refractivity contribution >= 4 is 23.3 Å². The average molecular weight is 398 g/mol. The number of hydrazone groups is 1. The maximum atomic E-state index is 12.8. The summed E-state index contributed by atoms with van der Waals surface area (Å²) in [6, 6.07) is 5.50. The Morgan fingerprint density at radius 2 is 1.82 bits per heavy atom. The average Bonchev–Trinajstić information content (AvgIpc) is 2.62. The number of ether oxygens (including phenoxy) is 2. The standard InChI is InChI=1S/C17H17F3N4O4/c1-3-27-15(25)12(9-21)13(22)14(16(26)28-4-2)24-23-11-7-5-6-10(8-11)17(18,19)20/h5-8,23H,3-4,22H2,1-2H3/b13-12-,24-14-. The van der Waals surface area contributed by atoms with E-state index in [1.165, 1.54) is 26.0 Å². The molecule has 0 heterocycles. The first kappa shape index (κ1) is 22.5. The van der Waals surface area contributed by atoms with Gasteiger partial charge in [-0.15, -0.1) is 0 Å². The molecule has 8 nitrogen and oxygen atoms in total. The van der Waals surface area contributed by atoms with Crippen molar-refractivity contribution in [1.82, 2.24) is 0 Å². The molecule has 0 atom stereocenters. The summed E-state index contributed by atoms with van der Waals surface area (Å²) in [5.74, 6) is -2.17. The number of anilines is 1. The lowest BCUT2D eigenvalue weighted by atomic mass is 10.1. The summed E-state index contributed by atoms with van der Waals surface area (Å²) in [6.45, 7) is 2.87. The summed E-state index contributed by atoms with van der Waals surface area (Å²) in [7, 11) is 0. The highest BCUT2D eigenvalue weighted by molar-refractivity contribution is 6.44. The Balaban J connectivity index is 3.34. The van der Waals surface area contributed by atoms with E-state index in [0.29, 0.717) is 0 Å². The Labute approximate surface area is 158 Å². The molecule has 0 spiro atoms. The molecule has 0 radical (unpaired) electrons. The minimum Gasteiger partial charge on any atom is -0.462 e. The van der Waals surface area contributed by atoms with Gasteiger partial charge in [-0.05, 0) is 32.0 Å². The van der Waals surface area contributed by atoms with Gasteiger partial charge in [-0.3, -0.25) is 5.43 Å². The van der Waals surface area contributed by atoms with Crippen LogP contribution < -0.4 is 11.2 Å². The molecule has 1 aromatic rings. The van der Waals surface area contributed by atoms with Crippen LogP contribution in [0.25, 0.3) is 0 Å². The first-order valence-electron chi connectivity index (χ1n) is 7.91. The second-order valence-corrected chi connectivity index (χ2v) is 4.99. The quantitative estimate of drug-likeness (QED) is 0.237. The van der Waals surface area contributed by atoms with E-state index in [4.69, 9.17) is 15.7 Å². The Hall–Kier alpha value is -3.55. The molecule has 11 heteroatoms. The number of carbonyl (C=O) groups excluding carboxylic acids is 2. The number of nitrogens with zero attached hydrogens (tertiary/aromatic N) is 2. The van der Waals surface area contributed by atoms with E-state index in [1.807, 2.05) is 0 Å². The van der Waals surface area contributed by atoms with Crippen LogP contribution in [-0.4, -0.2) is 30.9 Å².